The lowest BCUT2D eigenvalue weighted by Gasteiger charge is -2.12. The van der Waals surface area contributed by atoms with Crippen molar-refractivity contribution in [3.8, 4) is 5.75 Å². The summed E-state index contributed by atoms with van der Waals surface area (Å²) >= 11 is 0. The predicted octanol–water partition coefficient (Wildman–Crippen LogP) is 2.49. The van der Waals surface area contributed by atoms with Crippen LogP contribution in [-0.4, -0.2) is 37.3 Å². The molecule has 0 bridgehead atoms. The molecule has 26 heavy (non-hydrogen) atoms. The fourth-order valence-electron chi connectivity index (χ4n) is 2.33. The minimum Gasteiger partial charge on any atom is -0.492 e. The van der Waals surface area contributed by atoms with E-state index in [0.29, 0.717) is 13.2 Å². The SMILES string of the molecule is CN=C(NCCCCn1ccccc1=O)NCCOc1ccccc1.I. The van der Waals surface area contributed by atoms with Gasteiger partial charge in [0.15, 0.2) is 5.96 Å². The Morgan fingerprint density at radius 3 is 2.50 bits per heavy atom. The lowest BCUT2D eigenvalue weighted by molar-refractivity contribution is 0.322. The first kappa shape index (κ1) is 22.0. The van der Waals surface area contributed by atoms with Gasteiger partial charge in [0.05, 0.1) is 6.54 Å². The number of benzene rings is 1. The maximum atomic E-state index is 11.6. The second-order valence-electron chi connectivity index (χ2n) is 5.53. The number of aliphatic imine (C=N–C) groups is 1. The van der Waals surface area contributed by atoms with Crippen molar-refractivity contribution in [2.45, 2.75) is 19.4 Å². The molecule has 0 fully saturated rings. The summed E-state index contributed by atoms with van der Waals surface area (Å²) in [7, 11) is 1.75. The van der Waals surface area contributed by atoms with Gasteiger partial charge in [-0.2, -0.15) is 0 Å². The molecule has 0 spiro atoms. The average Bonchev–Trinajstić information content (AvgIpc) is 2.65. The zero-order chi connectivity index (χ0) is 17.7. The molecule has 0 saturated carbocycles. The number of hydrogen-bond acceptors (Lipinski definition) is 3. The summed E-state index contributed by atoms with van der Waals surface area (Å²) < 4.78 is 7.36. The molecule has 0 unspecified atom stereocenters. The van der Waals surface area contributed by atoms with Crippen LogP contribution in [0.1, 0.15) is 12.8 Å². The van der Waals surface area contributed by atoms with E-state index in [1.54, 1.807) is 23.7 Å². The maximum Gasteiger partial charge on any atom is 0.250 e. The molecule has 0 saturated heterocycles. The van der Waals surface area contributed by atoms with Gasteiger partial charge in [-0.3, -0.25) is 9.79 Å². The summed E-state index contributed by atoms with van der Waals surface area (Å²) in [6.07, 6.45) is 3.72. The summed E-state index contributed by atoms with van der Waals surface area (Å²) in [4.78, 5) is 15.8. The largest absolute Gasteiger partial charge is 0.492 e. The summed E-state index contributed by atoms with van der Waals surface area (Å²) in [6.45, 7) is 2.79. The van der Waals surface area contributed by atoms with Gasteiger partial charge < -0.3 is 19.9 Å². The van der Waals surface area contributed by atoms with Crippen molar-refractivity contribution in [3.05, 3.63) is 65.1 Å². The Hall–Kier alpha value is -2.03. The van der Waals surface area contributed by atoms with Crippen molar-refractivity contribution >= 4 is 29.9 Å². The van der Waals surface area contributed by atoms with E-state index in [0.717, 1.165) is 37.6 Å². The second kappa shape index (κ2) is 13.2. The van der Waals surface area contributed by atoms with Crippen molar-refractivity contribution < 1.29 is 4.74 Å². The zero-order valence-corrected chi connectivity index (χ0v) is 17.4. The molecule has 1 aromatic carbocycles. The molecule has 6 nitrogen and oxygen atoms in total. The Balaban J connectivity index is 0.00000338. The standard InChI is InChI=1S/C19H26N4O2.HI/c1-20-19(22-13-16-25-17-9-3-2-4-10-17)21-12-6-8-15-23-14-7-5-11-18(23)24;/h2-5,7,9-11,14H,6,8,12-13,15-16H2,1H3,(H2,20,21,22);1H. The molecule has 0 aliphatic rings. The summed E-state index contributed by atoms with van der Waals surface area (Å²) in [5.41, 5.74) is 0.0475. The van der Waals surface area contributed by atoms with Crippen LogP contribution in [0.2, 0.25) is 0 Å². The van der Waals surface area contributed by atoms with Crippen LogP contribution in [0, 0.1) is 0 Å². The maximum absolute atomic E-state index is 11.6. The Bertz CT molecular complexity index is 704. The van der Waals surface area contributed by atoms with Gasteiger partial charge in [-0.1, -0.05) is 24.3 Å². The lowest BCUT2D eigenvalue weighted by Crippen LogP contribution is -2.39. The Kier molecular flexibility index (Phi) is 11.2. The molecule has 2 N–H and O–H groups in total. The third-order valence-corrected chi connectivity index (χ3v) is 3.65. The Labute approximate surface area is 171 Å². The molecule has 0 aliphatic carbocycles. The summed E-state index contributed by atoms with van der Waals surface area (Å²) in [6, 6.07) is 15.0. The highest BCUT2D eigenvalue weighted by atomic mass is 127. The Morgan fingerprint density at radius 1 is 1.04 bits per heavy atom. The number of aromatic nitrogens is 1. The van der Waals surface area contributed by atoms with Gasteiger partial charge in [-0.25, -0.2) is 0 Å². The predicted molar refractivity (Wildman–Crippen MR) is 117 cm³/mol. The van der Waals surface area contributed by atoms with Crippen molar-refractivity contribution in [2.75, 3.05) is 26.7 Å². The molecule has 1 heterocycles. The van der Waals surface area contributed by atoms with Crippen molar-refractivity contribution in [3.63, 3.8) is 0 Å². The van der Waals surface area contributed by atoms with Crippen molar-refractivity contribution in [1.82, 2.24) is 15.2 Å². The molecule has 1 aromatic heterocycles. The quantitative estimate of drug-likeness (QED) is 0.256. The number of pyridine rings is 1. The number of rotatable bonds is 9. The van der Waals surface area contributed by atoms with Gasteiger partial charge in [0.1, 0.15) is 12.4 Å². The molecule has 142 valence electrons. The molecule has 0 aliphatic heterocycles. The fraction of sp³-hybridized carbons (Fsp3) is 0.368. The van der Waals surface area contributed by atoms with Crippen LogP contribution in [0.3, 0.4) is 0 Å². The number of halogens is 1. The van der Waals surface area contributed by atoms with Crippen LogP contribution >= 0.6 is 24.0 Å². The van der Waals surface area contributed by atoms with Crippen LogP contribution in [0.15, 0.2) is 64.5 Å². The Morgan fingerprint density at radius 2 is 1.77 bits per heavy atom. The molecule has 2 aromatic rings. The summed E-state index contributed by atoms with van der Waals surface area (Å²) in [5.74, 6) is 1.62. The molecule has 0 radical (unpaired) electrons. The molecule has 7 heteroatoms. The van der Waals surface area contributed by atoms with Gasteiger partial charge in [0, 0.05) is 32.4 Å². The smallest absolute Gasteiger partial charge is 0.250 e. The molecule has 0 atom stereocenters. The van der Waals surface area contributed by atoms with Gasteiger partial charge in [-0.05, 0) is 31.0 Å². The highest BCUT2D eigenvalue weighted by molar-refractivity contribution is 14.0. The van der Waals surface area contributed by atoms with E-state index in [2.05, 4.69) is 15.6 Å². The minimum atomic E-state index is 0. The lowest BCUT2D eigenvalue weighted by atomic mass is 10.3. The topological polar surface area (TPSA) is 67.7 Å². The van der Waals surface area contributed by atoms with Crippen LogP contribution in [0.4, 0.5) is 0 Å². The van der Waals surface area contributed by atoms with E-state index in [9.17, 15) is 4.79 Å². The van der Waals surface area contributed by atoms with E-state index >= 15 is 0 Å². The highest BCUT2D eigenvalue weighted by Crippen LogP contribution is 2.07. The van der Waals surface area contributed by atoms with E-state index in [-0.39, 0.29) is 29.5 Å². The number of aryl methyl sites for hydroxylation is 1. The molecular weight excluding hydrogens is 443 g/mol. The third-order valence-electron chi connectivity index (χ3n) is 3.65. The van der Waals surface area contributed by atoms with E-state index in [4.69, 9.17) is 4.74 Å². The van der Waals surface area contributed by atoms with Gasteiger partial charge in [0.25, 0.3) is 0 Å². The van der Waals surface area contributed by atoms with E-state index in [1.807, 2.05) is 42.6 Å². The van der Waals surface area contributed by atoms with Crippen LogP contribution < -0.4 is 20.9 Å². The number of guanidine groups is 1. The molecule has 2 rings (SSSR count). The first-order valence-corrected chi connectivity index (χ1v) is 8.57. The van der Waals surface area contributed by atoms with Gasteiger partial charge >= 0.3 is 0 Å². The number of unbranched alkanes of at least 4 members (excludes halogenated alkanes) is 1. The first-order valence-electron chi connectivity index (χ1n) is 8.57. The summed E-state index contributed by atoms with van der Waals surface area (Å²) in [5, 5.41) is 6.48. The average molecular weight is 470 g/mol. The highest BCUT2D eigenvalue weighted by Gasteiger charge is 1.98. The fourth-order valence-corrected chi connectivity index (χ4v) is 2.33. The molecular formula is C19H27IN4O2. The third kappa shape index (κ3) is 8.37. The molecule has 0 amide bonds. The zero-order valence-electron chi connectivity index (χ0n) is 15.1. The van der Waals surface area contributed by atoms with Crippen molar-refractivity contribution in [2.24, 2.45) is 4.99 Å². The van der Waals surface area contributed by atoms with E-state index < -0.39 is 0 Å². The van der Waals surface area contributed by atoms with Gasteiger partial charge in [-0.15, -0.1) is 24.0 Å². The second-order valence-corrected chi connectivity index (χ2v) is 5.53. The number of hydrogen-bond donors (Lipinski definition) is 2. The number of para-hydroxylation sites is 1. The van der Waals surface area contributed by atoms with Crippen LogP contribution in [0.5, 0.6) is 5.75 Å². The first-order chi connectivity index (χ1) is 12.3. The van der Waals surface area contributed by atoms with Crippen LogP contribution in [0.25, 0.3) is 0 Å². The monoisotopic (exact) mass is 470 g/mol. The van der Waals surface area contributed by atoms with Crippen LogP contribution in [-0.2, 0) is 6.54 Å². The van der Waals surface area contributed by atoms with Gasteiger partial charge in [0.2, 0.25) is 5.56 Å². The number of ether oxygens (including phenoxy) is 1. The number of nitrogens with zero attached hydrogens (tertiary/aromatic N) is 2. The van der Waals surface area contributed by atoms with E-state index in [1.165, 1.54) is 0 Å². The number of nitrogens with one attached hydrogen (secondary N) is 2. The normalized spacial score (nSPS) is 10.7. The van der Waals surface area contributed by atoms with Crippen molar-refractivity contribution in [1.29, 1.82) is 0 Å². The minimum absolute atomic E-state index is 0.